The highest BCUT2D eigenvalue weighted by atomic mass is 32.2. The highest BCUT2D eigenvalue weighted by Gasteiger charge is 1.95. The number of carbonyl (C=O) groups is 1. The van der Waals surface area contributed by atoms with Gasteiger partial charge in [0.25, 0.3) is 10.1 Å². The van der Waals surface area contributed by atoms with E-state index in [0.717, 1.165) is 11.5 Å². The Kier molecular flexibility index (Phi) is 7.60. The van der Waals surface area contributed by atoms with Crippen LogP contribution >= 0.6 is 0 Å². The van der Waals surface area contributed by atoms with Crippen LogP contribution in [0.25, 0.3) is 0 Å². The van der Waals surface area contributed by atoms with Crippen molar-refractivity contribution in [3.05, 3.63) is 36.3 Å². The van der Waals surface area contributed by atoms with Gasteiger partial charge in [-0.15, -0.1) is 0 Å². The first-order chi connectivity index (χ1) is 6.22. The Morgan fingerprint density at radius 2 is 1.64 bits per heavy atom. The van der Waals surface area contributed by atoms with Crippen LogP contribution in [0.4, 0.5) is 0 Å². The van der Waals surface area contributed by atoms with Crippen LogP contribution in [0.5, 0.6) is 0 Å². The number of hydrogen-bond donors (Lipinski definition) is 2. The third kappa shape index (κ3) is 16.9. The van der Waals surface area contributed by atoms with Crippen molar-refractivity contribution in [1.82, 2.24) is 0 Å². The minimum absolute atomic E-state index is 0.414. The van der Waals surface area contributed by atoms with Crippen LogP contribution in [-0.2, 0) is 14.9 Å². The number of hydrogen-bond acceptors (Lipinski definition) is 3. The molecule has 0 rings (SSSR count). The maximum Gasteiger partial charge on any atom is 0.327 e. The largest absolute Gasteiger partial charge is 0.478 e. The zero-order valence-corrected chi connectivity index (χ0v) is 8.49. The average Bonchev–Trinajstić information content (AvgIpc) is 2.02. The van der Waals surface area contributed by atoms with Gasteiger partial charge in [-0.1, -0.05) is 19.2 Å². The molecule has 5 nitrogen and oxygen atoms in total. The molecule has 0 aromatic heterocycles. The first kappa shape index (κ1) is 15.1. The smallest absolute Gasteiger partial charge is 0.327 e. The SMILES string of the molecule is C=CC(=O)O.C=CC(C)=CS(=O)(=O)O. The molecule has 0 saturated carbocycles. The summed E-state index contributed by atoms with van der Waals surface area (Å²) in [7, 11) is -3.97. The molecule has 0 heterocycles. The molecule has 0 aromatic rings. The molecular formula is C8H12O5S. The van der Waals surface area contributed by atoms with E-state index >= 15 is 0 Å². The van der Waals surface area contributed by atoms with Crippen molar-refractivity contribution < 1.29 is 22.9 Å². The van der Waals surface area contributed by atoms with Gasteiger partial charge >= 0.3 is 5.97 Å². The van der Waals surface area contributed by atoms with Gasteiger partial charge in [-0.2, -0.15) is 8.42 Å². The second-order valence-corrected chi connectivity index (χ2v) is 3.39. The molecule has 0 fully saturated rings. The maximum atomic E-state index is 10.0. The van der Waals surface area contributed by atoms with Crippen LogP contribution in [0.2, 0.25) is 0 Å². The summed E-state index contributed by atoms with van der Waals surface area (Å²) in [5.74, 6) is -0.981. The first-order valence-corrected chi connectivity index (χ1v) is 4.87. The van der Waals surface area contributed by atoms with Crippen molar-refractivity contribution in [1.29, 1.82) is 0 Å². The summed E-state index contributed by atoms with van der Waals surface area (Å²) in [4.78, 5) is 9.25. The molecule has 80 valence electrons. The Bertz CT molecular complexity index is 337. The van der Waals surface area contributed by atoms with Crippen LogP contribution in [0, 0.1) is 0 Å². The van der Waals surface area contributed by atoms with Crippen LogP contribution < -0.4 is 0 Å². The fourth-order valence-corrected chi connectivity index (χ4v) is 0.849. The lowest BCUT2D eigenvalue weighted by molar-refractivity contribution is -0.131. The molecule has 0 unspecified atom stereocenters. The Morgan fingerprint density at radius 1 is 1.29 bits per heavy atom. The molecule has 0 aliphatic rings. The van der Waals surface area contributed by atoms with Gasteiger partial charge in [-0.05, 0) is 12.5 Å². The zero-order chi connectivity index (χ0) is 11.8. The lowest BCUT2D eigenvalue weighted by Gasteiger charge is -1.86. The van der Waals surface area contributed by atoms with Crippen LogP contribution in [0.15, 0.2) is 36.3 Å². The molecule has 0 radical (unpaired) electrons. The quantitative estimate of drug-likeness (QED) is 0.424. The minimum Gasteiger partial charge on any atom is -0.478 e. The molecule has 2 N–H and O–H groups in total. The third-order valence-corrected chi connectivity index (χ3v) is 1.50. The van der Waals surface area contributed by atoms with Gasteiger partial charge in [0.2, 0.25) is 0 Å². The summed E-state index contributed by atoms with van der Waals surface area (Å²) >= 11 is 0. The van der Waals surface area contributed by atoms with E-state index in [0.29, 0.717) is 5.57 Å². The summed E-state index contributed by atoms with van der Waals surface area (Å²) in [6, 6.07) is 0. The maximum absolute atomic E-state index is 10.0. The van der Waals surface area contributed by atoms with Gasteiger partial charge in [0.05, 0.1) is 5.41 Å². The lowest BCUT2D eigenvalue weighted by Crippen LogP contribution is -1.90. The summed E-state index contributed by atoms with van der Waals surface area (Å²) in [5.41, 5.74) is 0.414. The van der Waals surface area contributed by atoms with E-state index in [9.17, 15) is 13.2 Å². The molecule has 6 heteroatoms. The fraction of sp³-hybridized carbons (Fsp3) is 0.125. The zero-order valence-electron chi connectivity index (χ0n) is 7.67. The van der Waals surface area contributed by atoms with Gasteiger partial charge in [-0.3, -0.25) is 4.55 Å². The second-order valence-electron chi connectivity index (χ2n) is 2.12. The van der Waals surface area contributed by atoms with E-state index < -0.39 is 16.1 Å². The van der Waals surface area contributed by atoms with Crippen LogP contribution in [0.3, 0.4) is 0 Å². The van der Waals surface area contributed by atoms with E-state index in [4.69, 9.17) is 9.66 Å². The van der Waals surface area contributed by atoms with E-state index in [-0.39, 0.29) is 0 Å². The number of aliphatic carboxylic acids is 1. The van der Waals surface area contributed by atoms with E-state index in [1.807, 2.05) is 0 Å². The molecule has 0 atom stereocenters. The van der Waals surface area contributed by atoms with Crippen molar-refractivity contribution in [3.63, 3.8) is 0 Å². The molecule has 0 saturated heterocycles. The van der Waals surface area contributed by atoms with Gasteiger partial charge < -0.3 is 5.11 Å². The van der Waals surface area contributed by atoms with Gasteiger partial charge in [0.1, 0.15) is 0 Å². The van der Waals surface area contributed by atoms with Crippen LogP contribution in [0.1, 0.15) is 6.92 Å². The second kappa shape index (κ2) is 7.05. The normalized spacial score (nSPS) is 10.9. The highest BCUT2D eigenvalue weighted by molar-refractivity contribution is 7.88. The van der Waals surface area contributed by atoms with Gasteiger partial charge in [0.15, 0.2) is 0 Å². The monoisotopic (exact) mass is 220 g/mol. The van der Waals surface area contributed by atoms with Gasteiger partial charge in [0, 0.05) is 6.08 Å². The average molecular weight is 220 g/mol. The molecule has 0 amide bonds. The summed E-state index contributed by atoms with van der Waals surface area (Å²) in [6.07, 6.45) is 2.17. The van der Waals surface area contributed by atoms with Gasteiger partial charge in [-0.25, -0.2) is 4.79 Å². The predicted molar refractivity (Wildman–Crippen MR) is 53.3 cm³/mol. The summed E-state index contributed by atoms with van der Waals surface area (Å²) < 4.78 is 28.2. The van der Waals surface area contributed by atoms with Crippen molar-refractivity contribution in [2.45, 2.75) is 6.92 Å². The molecular weight excluding hydrogens is 208 g/mol. The van der Waals surface area contributed by atoms with E-state index in [1.54, 1.807) is 0 Å². The van der Waals surface area contributed by atoms with Crippen LogP contribution in [-0.4, -0.2) is 24.0 Å². The molecule has 0 aliphatic heterocycles. The molecule has 0 aliphatic carbocycles. The highest BCUT2D eigenvalue weighted by Crippen LogP contribution is 1.95. The lowest BCUT2D eigenvalue weighted by atomic mass is 10.4. The summed E-state index contributed by atoms with van der Waals surface area (Å²) in [5, 5.41) is 8.34. The first-order valence-electron chi connectivity index (χ1n) is 3.36. The minimum atomic E-state index is -3.97. The molecule has 14 heavy (non-hydrogen) atoms. The Balaban J connectivity index is 0. The van der Waals surface area contributed by atoms with E-state index in [1.165, 1.54) is 13.0 Å². The van der Waals surface area contributed by atoms with E-state index in [2.05, 4.69) is 13.2 Å². The van der Waals surface area contributed by atoms with Crippen molar-refractivity contribution in [2.24, 2.45) is 0 Å². The van der Waals surface area contributed by atoms with Crippen molar-refractivity contribution >= 4 is 16.1 Å². The Labute approximate surface area is 82.8 Å². The standard InChI is InChI=1S/C5H8O3S.C3H4O2/c1-3-5(2)4-9(6,7)8;1-2-3(4)5/h3-4H,1H2,2H3,(H,6,7,8);2H,1H2,(H,4,5). The number of rotatable bonds is 3. The number of carboxylic acids is 1. The predicted octanol–water partition coefficient (Wildman–Crippen LogP) is 1.22. The Hall–Kier alpha value is -1.40. The summed E-state index contributed by atoms with van der Waals surface area (Å²) in [6.45, 7) is 7.79. The number of allylic oxidation sites excluding steroid dienone is 2. The number of carboxylic acid groups (broad SMARTS) is 1. The molecule has 0 aromatic carbocycles. The molecule has 0 bridgehead atoms. The van der Waals surface area contributed by atoms with Crippen molar-refractivity contribution in [3.8, 4) is 0 Å². The Morgan fingerprint density at radius 3 is 1.71 bits per heavy atom. The topological polar surface area (TPSA) is 91.7 Å². The fourth-order valence-electron chi connectivity index (χ4n) is 0.283. The molecule has 0 spiro atoms. The third-order valence-electron chi connectivity index (χ3n) is 0.831. The van der Waals surface area contributed by atoms with Crippen molar-refractivity contribution in [2.75, 3.05) is 0 Å².